The number of hydrogen-bond donors (Lipinski definition) is 0. The zero-order valence-electron chi connectivity index (χ0n) is 13.9. The molecule has 1 aromatic rings. The minimum absolute atomic E-state index is 0.0588. The monoisotopic (exact) mass is 307 g/mol. The third kappa shape index (κ3) is 3.10. The number of nitrogens with zero attached hydrogens (tertiary/aromatic N) is 1. The fourth-order valence-electron chi connectivity index (χ4n) is 2.11. The van der Waals surface area contributed by atoms with Crippen LogP contribution >= 0.6 is 0 Å². The highest BCUT2D eigenvalue weighted by molar-refractivity contribution is 6.62. The Labute approximate surface area is 131 Å². The fourth-order valence-corrected chi connectivity index (χ4v) is 2.11. The molecular formula is C15H22BNO5. The van der Waals surface area contributed by atoms with Crippen LogP contribution in [0.1, 0.15) is 33.4 Å². The summed E-state index contributed by atoms with van der Waals surface area (Å²) in [6.07, 6.45) is 1.70. The molecule has 7 heteroatoms. The lowest BCUT2D eigenvalue weighted by Crippen LogP contribution is -2.41. The summed E-state index contributed by atoms with van der Waals surface area (Å²) in [5.41, 5.74) is 0.435. The third-order valence-corrected chi connectivity index (χ3v) is 4.24. The molecule has 6 nitrogen and oxygen atoms in total. The minimum atomic E-state index is -0.515. The molecule has 0 aliphatic carbocycles. The van der Waals surface area contributed by atoms with Crippen LogP contribution in [-0.4, -0.2) is 43.5 Å². The van der Waals surface area contributed by atoms with Gasteiger partial charge in [0.1, 0.15) is 5.75 Å². The summed E-state index contributed by atoms with van der Waals surface area (Å²) in [5.74, 6) is 0.145. The molecule has 1 aliphatic rings. The molecule has 0 saturated carbocycles. The summed E-state index contributed by atoms with van der Waals surface area (Å²) in [4.78, 5) is 15.7. The van der Waals surface area contributed by atoms with Gasteiger partial charge in [0.25, 0.3) is 0 Å². The highest BCUT2D eigenvalue weighted by Crippen LogP contribution is 2.36. The molecule has 0 bridgehead atoms. The Bertz CT molecular complexity index is 557. The molecule has 0 aromatic carbocycles. The van der Waals surface area contributed by atoms with Crippen molar-refractivity contribution in [3.05, 3.63) is 18.0 Å². The number of rotatable bonds is 4. The number of esters is 1. The predicted molar refractivity (Wildman–Crippen MR) is 82.2 cm³/mol. The summed E-state index contributed by atoms with van der Waals surface area (Å²) in [5, 5.41) is 0. The molecule has 22 heavy (non-hydrogen) atoms. The highest BCUT2D eigenvalue weighted by Gasteiger charge is 2.51. The van der Waals surface area contributed by atoms with Crippen LogP contribution in [0.2, 0.25) is 0 Å². The first-order chi connectivity index (χ1) is 10.2. The van der Waals surface area contributed by atoms with E-state index in [-0.39, 0.29) is 12.4 Å². The lowest BCUT2D eigenvalue weighted by atomic mass is 9.80. The number of hydrogen-bond acceptors (Lipinski definition) is 6. The second-order valence-corrected chi connectivity index (χ2v) is 6.26. The van der Waals surface area contributed by atoms with E-state index in [0.29, 0.717) is 11.4 Å². The van der Waals surface area contributed by atoms with Crippen LogP contribution in [0.5, 0.6) is 5.75 Å². The molecular weight excluding hydrogens is 285 g/mol. The maximum atomic E-state index is 11.4. The maximum absolute atomic E-state index is 11.4. The van der Waals surface area contributed by atoms with Crippen LogP contribution in [0.4, 0.5) is 0 Å². The van der Waals surface area contributed by atoms with E-state index in [9.17, 15) is 4.79 Å². The number of aromatic nitrogens is 1. The van der Waals surface area contributed by atoms with Gasteiger partial charge in [-0.05, 0) is 33.8 Å². The van der Waals surface area contributed by atoms with Crippen LogP contribution in [0.3, 0.4) is 0 Å². The van der Waals surface area contributed by atoms with Crippen molar-refractivity contribution in [2.45, 2.75) is 45.3 Å². The number of carbonyl (C=O) groups excluding carboxylic acids is 1. The smallest absolute Gasteiger partial charge is 0.495 e. The van der Waals surface area contributed by atoms with Gasteiger partial charge in [-0.25, -0.2) is 0 Å². The topological polar surface area (TPSA) is 66.9 Å². The van der Waals surface area contributed by atoms with Gasteiger partial charge in [-0.15, -0.1) is 0 Å². The number of pyridine rings is 1. The van der Waals surface area contributed by atoms with Crippen molar-refractivity contribution in [1.29, 1.82) is 0 Å². The minimum Gasteiger partial charge on any atom is -0.495 e. The molecule has 120 valence electrons. The molecule has 0 N–H and O–H groups in total. The van der Waals surface area contributed by atoms with Crippen LogP contribution in [0.15, 0.2) is 12.3 Å². The van der Waals surface area contributed by atoms with Gasteiger partial charge in [0.05, 0.1) is 37.5 Å². The van der Waals surface area contributed by atoms with Crippen LogP contribution in [-0.2, 0) is 25.3 Å². The zero-order valence-corrected chi connectivity index (χ0v) is 13.9. The van der Waals surface area contributed by atoms with Gasteiger partial charge < -0.3 is 18.8 Å². The van der Waals surface area contributed by atoms with E-state index in [4.69, 9.17) is 14.0 Å². The van der Waals surface area contributed by atoms with E-state index < -0.39 is 18.3 Å². The average Bonchev–Trinajstić information content (AvgIpc) is 2.67. The molecule has 0 radical (unpaired) electrons. The molecule has 0 amide bonds. The van der Waals surface area contributed by atoms with Gasteiger partial charge >= 0.3 is 13.1 Å². The van der Waals surface area contributed by atoms with Crippen molar-refractivity contribution < 1.29 is 23.6 Å². The first-order valence-electron chi connectivity index (χ1n) is 7.15. The van der Waals surface area contributed by atoms with Crippen molar-refractivity contribution in [3.63, 3.8) is 0 Å². The Kier molecular flexibility index (Phi) is 4.49. The number of ether oxygens (including phenoxy) is 2. The Balaban J connectivity index is 2.26. The molecule has 1 fully saturated rings. The van der Waals surface area contributed by atoms with E-state index >= 15 is 0 Å². The number of carbonyl (C=O) groups is 1. The summed E-state index contributed by atoms with van der Waals surface area (Å²) >= 11 is 0. The second kappa shape index (κ2) is 5.89. The Hall–Kier alpha value is -1.60. The summed E-state index contributed by atoms with van der Waals surface area (Å²) in [6, 6.07) is 1.79. The molecule has 0 spiro atoms. The molecule has 1 saturated heterocycles. The summed E-state index contributed by atoms with van der Waals surface area (Å²) in [7, 11) is 2.36. The lowest BCUT2D eigenvalue weighted by Gasteiger charge is -2.32. The third-order valence-electron chi connectivity index (χ3n) is 4.24. The van der Waals surface area contributed by atoms with Crippen molar-refractivity contribution in [2.24, 2.45) is 0 Å². The van der Waals surface area contributed by atoms with Gasteiger partial charge in [0.2, 0.25) is 0 Å². The predicted octanol–water partition coefficient (Wildman–Crippen LogP) is 1.10. The van der Waals surface area contributed by atoms with Gasteiger partial charge in [-0.1, -0.05) is 0 Å². The average molecular weight is 307 g/mol. The first-order valence-corrected chi connectivity index (χ1v) is 7.15. The van der Waals surface area contributed by atoms with Gasteiger partial charge in [0.15, 0.2) is 0 Å². The van der Waals surface area contributed by atoms with Crippen LogP contribution in [0.25, 0.3) is 0 Å². The lowest BCUT2D eigenvalue weighted by molar-refractivity contribution is -0.139. The van der Waals surface area contributed by atoms with Crippen molar-refractivity contribution in [3.8, 4) is 5.75 Å². The summed E-state index contributed by atoms with van der Waals surface area (Å²) < 4.78 is 21.9. The molecule has 0 atom stereocenters. The molecule has 2 rings (SSSR count). The van der Waals surface area contributed by atoms with Crippen molar-refractivity contribution in [2.75, 3.05) is 14.2 Å². The quantitative estimate of drug-likeness (QED) is 0.613. The fraction of sp³-hybridized carbons (Fsp3) is 0.600. The van der Waals surface area contributed by atoms with E-state index in [1.54, 1.807) is 12.3 Å². The largest absolute Gasteiger partial charge is 0.496 e. The van der Waals surface area contributed by atoms with Gasteiger partial charge in [0, 0.05) is 11.7 Å². The standard InChI is InChI=1S/C15H22BNO5/c1-14(2)15(3,4)22-16(21-14)10-7-12(19-5)11(17-9-10)8-13(18)20-6/h7,9H,8H2,1-6H3. The van der Waals surface area contributed by atoms with Crippen LogP contribution < -0.4 is 10.2 Å². The van der Waals surface area contributed by atoms with Crippen molar-refractivity contribution >= 4 is 18.6 Å². The molecule has 2 heterocycles. The van der Waals surface area contributed by atoms with Crippen molar-refractivity contribution in [1.82, 2.24) is 4.98 Å². The highest BCUT2D eigenvalue weighted by atomic mass is 16.7. The maximum Gasteiger partial charge on any atom is 0.496 e. The Morgan fingerprint density at radius 3 is 2.32 bits per heavy atom. The van der Waals surface area contributed by atoms with Gasteiger partial charge in [-0.3, -0.25) is 9.78 Å². The van der Waals surface area contributed by atoms with E-state index in [0.717, 1.165) is 5.46 Å². The number of methoxy groups -OCH3 is 2. The van der Waals surface area contributed by atoms with E-state index in [2.05, 4.69) is 9.72 Å². The second-order valence-electron chi connectivity index (χ2n) is 6.26. The van der Waals surface area contributed by atoms with Gasteiger partial charge in [-0.2, -0.15) is 0 Å². The summed E-state index contributed by atoms with van der Waals surface area (Å²) in [6.45, 7) is 7.96. The molecule has 1 aromatic heterocycles. The molecule has 1 aliphatic heterocycles. The van der Waals surface area contributed by atoms with Crippen LogP contribution in [0, 0.1) is 0 Å². The van der Waals surface area contributed by atoms with E-state index in [1.807, 2.05) is 27.7 Å². The first kappa shape index (κ1) is 16.8. The Morgan fingerprint density at radius 1 is 1.23 bits per heavy atom. The SMILES string of the molecule is COC(=O)Cc1ncc(B2OC(C)(C)C(C)(C)O2)cc1OC. The molecule has 0 unspecified atom stereocenters. The normalized spacial score (nSPS) is 19.1. The Morgan fingerprint density at radius 2 is 1.82 bits per heavy atom. The zero-order chi connectivity index (χ0) is 16.5. The van der Waals surface area contributed by atoms with E-state index in [1.165, 1.54) is 14.2 Å².